The number of aromatic nitrogens is 1. The lowest BCUT2D eigenvalue weighted by Gasteiger charge is -2.13. The maximum atomic E-state index is 12.1. The second-order valence-corrected chi connectivity index (χ2v) is 6.08. The molecule has 0 spiro atoms. The first-order valence-corrected chi connectivity index (χ1v) is 7.68. The number of anilines is 1. The van der Waals surface area contributed by atoms with Crippen LogP contribution in [-0.4, -0.2) is 23.0 Å². The highest BCUT2D eigenvalue weighted by molar-refractivity contribution is 7.13. The van der Waals surface area contributed by atoms with Gasteiger partial charge in [-0.2, -0.15) is 5.26 Å². The van der Waals surface area contributed by atoms with Crippen LogP contribution in [-0.2, 0) is 9.53 Å². The molecule has 0 saturated heterocycles. The number of hydrogen-bond donors (Lipinski definition) is 1. The molecule has 1 heterocycles. The summed E-state index contributed by atoms with van der Waals surface area (Å²) in [5.41, 5.74) is 1.62. The Morgan fingerprint density at radius 1 is 1.30 bits per heavy atom. The number of benzene rings is 1. The minimum atomic E-state index is -0.944. The summed E-state index contributed by atoms with van der Waals surface area (Å²) in [7, 11) is 0. The van der Waals surface area contributed by atoms with Gasteiger partial charge >= 0.3 is 5.97 Å². The monoisotopic (exact) mass is 329 g/mol. The maximum absolute atomic E-state index is 12.1. The molecule has 0 radical (unpaired) electrons. The molecule has 7 heteroatoms. The Morgan fingerprint density at radius 3 is 2.48 bits per heavy atom. The van der Waals surface area contributed by atoms with E-state index >= 15 is 0 Å². The highest BCUT2D eigenvalue weighted by Crippen LogP contribution is 2.19. The highest BCUT2D eigenvalue weighted by atomic mass is 32.1. The summed E-state index contributed by atoms with van der Waals surface area (Å²) in [5, 5.41) is 12.1. The van der Waals surface area contributed by atoms with Gasteiger partial charge in [-0.05, 0) is 45.0 Å². The van der Waals surface area contributed by atoms with E-state index in [0.29, 0.717) is 21.8 Å². The fraction of sp³-hybridized carbons (Fsp3) is 0.250. The SMILES string of the molecule is Cc1nc(C)c(C(=O)O[C@@H](C)C(=O)Nc2ccc(C#N)cc2)s1. The third-order valence-electron chi connectivity index (χ3n) is 3.02. The summed E-state index contributed by atoms with van der Waals surface area (Å²) in [4.78, 5) is 28.7. The third-order valence-corrected chi connectivity index (χ3v) is 4.08. The summed E-state index contributed by atoms with van der Waals surface area (Å²) in [5.74, 6) is -1.00. The number of carbonyl (C=O) groups is 2. The van der Waals surface area contributed by atoms with Gasteiger partial charge < -0.3 is 10.1 Å². The molecule has 6 nitrogen and oxygen atoms in total. The highest BCUT2D eigenvalue weighted by Gasteiger charge is 2.22. The van der Waals surface area contributed by atoms with Crippen molar-refractivity contribution >= 4 is 28.9 Å². The third kappa shape index (κ3) is 4.14. The van der Waals surface area contributed by atoms with Gasteiger partial charge in [-0.15, -0.1) is 11.3 Å². The molecule has 0 aliphatic rings. The summed E-state index contributed by atoms with van der Waals surface area (Å²) in [6.07, 6.45) is -0.944. The lowest BCUT2D eigenvalue weighted by atomic mass is 10.2. The number of nitrogens with one attached hydrogen (secondary N) is 1. The number of thiazole rings is 1. The van der Waals surface area contributed by atoms with E-state index in [1.807, 2.05) is 6.07 Å². The van der Waals surface area contributed by atoms with E-state index in [9.17, 15) is 9.59 Å². The Kier molecular flexibility index (Phi) is 5.09. The van der Waals surface area contributed by atoms with Crippen LogP contribution in [0.2, 0.25) is 0 Å². The number of ether oxygens (including phenoxy) is 1. The van der Waals surface area contributed by atoms with Crippen LogP contribution in [0.3, 0.4) is 0 Å². The summed E-state index contributed by atoms with van der Waals surface area (Å²) < 4.78 is 5.18. The molecule has 1 atom stereocenters. The molecule has 23 heavy (non-hydrogen) atoms. The Balaban J connectivity index is 1.98. The zero-order chi connectivity index (χ0) is 17.0. The normalized spacial score (nSPS) is 11.4. The van der Waals surface area contributed by atoms with Gasteiger partial charge in [0, 0.05) is 5.69 Å². The number of nitrogens with zero attached hydrogens (tertiary/aromatic N) is 2. The minimum absolute atomic E-state index is 0.403. The van der Waals surface area contributed by atoms with Crippen molar-refractivity contribution in [3.8, 4) is 6.07 Å². The number of carbonyl (C=O) groups excluding carboxylic acids is 2. The van der Waals surface area contributed by atoms with Gasteiger partial charge in [0.2, 0.25) is 0 Å². The van der Waals surface area contributed by atoms with Gasteiger partial charge in [-0.1, -0.05) is 0 Å². The molecule has 0 aliphatic carbocycles. The van der Waals surface area contributed by atoms with Crippen LogP contribution in [0.5, 0.6) is 0 Å². The Labute approximate surface area is 137 Å². The predicted molar refractivity (Wildman–Crippen MR) is 86.3 cm³/mol. The Morgan fingerprint density at radius 2 is 1.96 bits per heavy atom. The first-order chi connectivity index (χ1) is 10.9. The largest absolute Gasteiger partial charge is 0.448 e. The second-order valence-electron chi connectivity index (χ2n) is 4.87. The number of amides is 1. The van der Waals surface area contributed by atoms with E-state index in [1.54, 1.807) is 38.1 Å². The zero-order valence-corrected chi connectivity index (χ0v) is 13.7. The molecule has 0 fully saturated rings. The first-order valence-electron chi connectivity index (χ1n) is 6.86. The minimum Gasteiger partial charge on any atom is -0.448 e. The summed E-state index contributed by atoms with van der Waals surface area (Å²) >= 11 is 1.24. The quantitative estimate of drug-likeness (QED) is 0.871. The topological polar surface area (TPSA) is 92.1 Å². The molecule has 1 N–H and O–H groups in total. The maximum Gasteiger partial charge on any atom is 0.351 e. The van der Waals surface area contributed by atoms with E-state index in [0.717, 1.165) is 5.01 Å². The molecule has 0 aliphatic heterocycles. The van der Waals surface area contributed by atoms with E-state index < -0.39 is 18.0 Å². The fourth-order valence-electron chi connectivity index (χ4n) is 1.86. The van der Waals surface area contributed by atoms with E-state index in [1.165, 1.54) is 18.3 Å². The van der Waals surface area contributed by atoms with Crippen molar-refractivity contribution < 1.29 is 14.3 Å². The lowest BCUT2D eigenvalue weighted by Crippen LogP contribution is -2.29. The standard InChI is InChI=1S/C16H15N3O3S/c1-9-14(23-11(3)18-9)16(21)22-10(2)15(20)19-13-6-4-12(8-17)5-7-13/h4-7,10H,1-3H3,(H,19,20)/t10-/m0/s1. The Bertz CT molecular complexity index is 775. The van der Waals surface area contributed by atoms with Gasteiger partial charge in [0.15, 0.2) is 6.10 Å². The molecule has 2 rings (SSSR count). The zero-order valence-electron chi connectivity index (χ0n) is 12.9. The molecule has 0 saturated carbocycles. The van der Waals surface area contributed by atoms with Crippen molar-refractivity contribution in [2.45, 2.75) is 26.9 Å². The number of aryl methyl sites for hydroxylation is 2. The predicted octanol–water partition coefficient (Wildman–Crippen LogP) is 2.82. The molecule has 1 aromatic heterocycles. The second kappa shape index (κ2) is 7.03. The Hall–Kier alpha value is -2.72. The van der Waals surface area contributed by atoms with Gasteiger partial charge in [0.25, 0.3) is 5.91 Å². The van der Waals surface area contributed by atoms with E-state index in [4.69, 9.17) is 10.00 Å². The van der Waals surface area contributed by atoms with Crippen LogP contribution < -0.4 is 5.32 Å². The van der Waals surface area contributed by atoms with Crippen molar-refractivity contribution in [1.29, 1.82) is 5.26 Å². The van der Waals surface area contributed by atoms with Crippen LogP contribution in [0.15, 0.2) is 24.3 Å². The van der Waals surface area contributed by atoms with Crippen molar-refractivity contribution in [3.05, 3.63) is 45.4 Å². The van der Waals surface area contributed by atoms with E-state index in [-0.39, 0.29) is 0 Å². The van der Waals surface area contributed by atoms with Crippen LogP contribution in [0.25, 0.3) is 0 Å². The van der Waals surface area contributed by atoms with Crippen LogP contribution in [0, 0.1) is 25.2 Å². The van der Waals surface area contributed by atoms with Crippen molar-refractivity contribution in [2.75, 3.05) is 5.32 Å². The fourth-order valence-corrected chi connectivity index (χ4v) is 2.66. The number of esters is 1. The smallest absolute Gasteiger partial charge is 0.351 e. The first kappa shape index (κ1) is 16.6. The average Bonchev–Trinajstić information content (AvgIpc) is 2.86. The molecule has 118 valence electrons. The average molecular weight is 329 g/mol. The number of nitriles is 1. The van der Waals surface area contributed by atoms with Crippen molar-refractivity contribution in [1.82, 2.24) is 4.98 Å². The number of rotatable bonds is 4. The summed E-state index contributed by atoms with van der Waals surface area (Å²) in [6, 6.07) is 8.41. The molecular weight excluding hydrogens is 314 g/mol. The van der Waals surface area contributed by atoms with Gasteiger partial charge in [-0.3, -0.25) is 4.79 Å². The van der Waals surface area contributed by atoms with E-state index in [2.05, 4.69) is 10.3 Å². The molecular formula is C16H15N3O3S. The van der Waals surface area contributed by atoms with Crippen LogP contribution in [0.4, 0.5) is 5.69 Å². The summed E-state index contributed by atoms with van der Waals surface area (Å²) in [6.45, 7) is 5.02. The van der Waals surface area contributed by atoms with Gasteiger partial charge in [0.05, 0.1) is 22.3 Å². The molecule has 0 unspecified atom stereocenters. The van der Waals surface area contributed by atoms with Crippen molar-refractivity contribution in [2.24, 2.45) is 0 Å². The van der Waals surface area contributed by atoms with Gasteiger partial charge in [0.1, 0.15) is 4.88 Å². The molecule has 1 amide bonds. The molecule has 1 aromatic carbocycles. The van der Waals surface area contributed by atoms with Crippen molar-refractivity contribution in [3.63, 3.8) is 0 Å². The molecule has 2 aromatic rings. The van der Waals surface area contributed by atoms with Crippen LogP contribution >= 0.6 is 11.3 Å². The number of hydrogen-bond acceptors (Lipinski definition) is 6. The molecule has 0 bridgehead atoms. The van der Waals surface area contributed by atoms with Gasteiger partial charge in [-0.25, -0.2) is 9.78 Å². The lowest BCUT2D eigenvalue weighted by molar-refractivity contribution is -0.123. The van der Waals surface area contributed by atoms with Crippen LogP contribution in [0.1, 0.15) is 32.9 Å².